The van der Waals surface area contributed by atoms with Gasteiger partial charge in [0.25, 0.3) is 0 Å². The summed E-state index contributed by atoms with van der Waals surface area (Å²) >= 11 is 1.50. The predicted molar refractivity (Wildman–Crippen MR) is 69.8 cm³/mol. The summed E-state index contributed by atoms with van der Waals surface area (Å²) in [6.07, 6.45) is 0. The minimum Gasteiger partial charge on any atom is -0.495 e. The lowest BCUT2D eigenvalue weighted by molar-refractivity contribution is 0.417. The zero-order valence-electron chi connectivity index (χ0n) is 9.91. The van der Waals surface area contributed by atoms with Crippen molar-refractivity contribution in [3.63, 3.8) is 0 Å². The van der Waals surface area contributed by atoms with Gasteiger partial charge in [-0.15, -0.1) is 10.2 Å². The third kappa shape index (κ3) is 1.60. The number of nitrogens with zero attached hydrogens (tertiary/aromatic N) is 4. The molecule has 2 N–H and O–H groups in total. The smallest absolute Gasteiger partial charge is 0.234 e. The molecule has 2 heterocycles. The average Bonchev–Trinajstić information content (AvgIpc) is 2.89. The van der Waals surface area contributed by atoms with E-state index in [1.807, 2.05) is 19.1 Å². The number of rotatable bonds is 2. The number of aromatic nitrogens is 4. The molecule has 0 aliphatic heterocycles. The summed E-state index contributed by atoms with van der Waals surface area (Å²) in [6, 6.07) is 5.50. The lowest BCUT2D eigenvalue weighted by Gasteiger charge is -2.05. The summed E-state index contributed by atoms with van der Waals surface area (Å²) in [5.41, 5.74) is 7.26. The fraction of sp³-hybridized carbons (Fsp3) is 0.182. The summed E-state index contributed by atoms with van der Waals surface area (Å²) in [6.45, 7) is 1.94. The van der Waals surface area contributed by atoms with Crippen LogP contribution in [-0.4, -0.2) is 26.9 Å². The van der Waals surface area contributed by atoms with Crippen molar-refractivity contribution in [2.24, 2.45) is 0 Å². The number of aryl methyl sites for hydroxylation is 1. The molecule has 3 rings (SSSR count). The second-order valence-corrected chi connectivity index (χ2v) is 4.96. The zero-order chi connectivity index (χ0) is 12.7. The van der Waals surface area contributed by atoms with Gasteiger partial charge in [-0.3, -0.25) is 0 Å². The number of fused-ring (bicyclic) bond motifs is 1. The normalized spacial score (nSPS) is 11.0. The van der Waals surface area contributed by atoms with Crippen molar-refractivity contribution < 1.29 is 4.74 Å². The van der Waals surface area contributed by atoms with Crippen molar-refractivity contribution in [1.29, 1.82) is 0 Å². The molecule has 3 aromatic rings. The maximum atomic E-state index is 5.79. The van der Waals surface area contributed by atoms with Gasteiger partial charge in [0.1, 0.15) is 10.8 Å². The molecule has 0 atom stereocenters. The van der Waals surface area contributed by atoms with Crippen molar-refractivity contribution in [2.45, 2.75) is 6.92 Å². The second-order valence-electron chi connectivity index (χ2n) is 3.80. The van der Waals surface area contributed by atoms with Crippen LogP contribution in [0, 0.1) is 6.92 Å². The predicted octanol–water partition coefficient (Wildman–Crippen LogP) is 1.75. The van der Waals surface area contributed by atoms with Gasteiger partial charge in [0.05, 0.1) is 12.8 Å². The average molecular weight is 261 g/mol. The van der Waals surface area contributed by atoms with Crippen LogP contribution >= 0.6 is 11.3 Å². The molecule has 7 heteroatoms. The van der Waals surface area contributed by atoms with Gasteiger partial charge >= 0.3 is 0 Å². The minimum atomic E-state index is 0.594. The van der Waals surface area contributed by atoms with Crippen molar-refractivity contribution in [3.05, 3.63) is 23.2 Å². The van der Waals surface area contributed by atoms with Crippen molar-refractivity contribution in [1.82, 2.24) is 19.8 Å². The Morgan fingerprint density at radius 1 is 1.33 bits per heavy atom. The molecule has 0 saturated heterocycles. The van der Waals surface area contributed by atoms with Gasteiger partial charge in [-0.2, -0.15) is 9.61 Å². The van der Waals surface area contributed by atoms with Crippen LogP contribution in [0.3, 0.4) is 0 Å². The highest BCUT2D eigenvalue weighted by Crippen LogP contribution is 2.28. The first kappa shape index (κ1) is 11.0. The lowest BCUT2D eigenvalue weighted by Crippen LogP contribution is -1.95. The van der Waals surface area contributed by atoms with E-state index in [0.29, 0.717) is 17.3 Å². The van der Waals surface area contributed by atoms with Crippen LogP contribution in [0.5, 0.6) is 5.75 Å². The highest BCUT2D eigenvalue weighted by atomic mass is 32.1. The molecule has 6 nitrogen and oxygen atoms in total. The quantitative estimate of drug-likeness (QED) is 0.711. The number of benzene rings is 1. The molecule has 0 spiro atoms. The number of nitrogens with two attached hydrogens (primary N) is 1. The maximum Gasteiger partial charge on any atom is 0.234 e. The molecule has 0 bridgehead atoms. The van der Waals surface area contributed by atoms with E-state index in [0.717, 1.165) is 15.5 Å². The van der Waals surface area contributed by atoms with Crippen molar-refractivity contribution in [3.8, 4) is 17.1 Å². The Morgan fingerprint density at radius 3 is 2.94 bits per heavy atom. The van der Waals surface area contributed by atoms with Gasteiger partial charge in [-0.1, -0.05) is 11.3 Å². The highest BCUT2D eigenvalue weighted by Gasteiger charge is 2.13. The van der Waals surface area contributed by atoms with Crippen molar-refractivity contribution >= 4 is 22.0 Å². The van der Waals surface area contributed by atoms with E-state index in [4.69, 9.17) is 10.5 Å². The number of methoxy groups -OCH3 is 1. The molecule has 0 aliphatic rings. The van der Waals surface area contributed by atoms with E-state index < -0.39 is 0 Å². The van der Waals surface area contributed by atoms with Crippen LogP contribution in [0.2, 0.25) is 0 Å². The zero-order valence-corrected chi connectivity index (χ0v) is 10.7. The number of hydrogen-bond donors (Lipinski definition) is 1. The summed E-state index contributed by atoms with van der Waals surface area (Å²) < 4.78 is 6.93. The molecular weight excluding hydrogens is 250 g/mol. The number of hydrogen-bond acceptors (Lipinski definition) is 6. The van der Waals surface area contributed by atoms with Gasteiger partial charge in [0.2, 0.25) is 4.96 Å². The highest BCUT2D eigenvalue weighted by molar-refractivity contribution is 7.16. The van der Waals surface area contributed by atoms with Crippen LogP contribution in [0.15, 0.2) is 18.2 Å². The van der Waals surface area contributed by atoms with E-state index >= 15 is 0 Å². The summed E-state index contributed by atoms with van der Waals surface area (Å²) in [5.74, 6) is 1.31. The van der Waals surface area contributed by atoms with Crippen LogP contribution in [0.1, 0.15) is 5.01 Å². The minimum absolute atomic E-state index is 0.594. The maximum absolute atomic E-state index is 5.79. The topological polar surface area (TPSA) is 78.3 Å². The molecule has 0 fully saturated rings. The molecule has 0 amide bonds. The monoisotopic (exact) mass is 261 g/mol. The Kier molecular flexibility index (Phi) is 2.41. The first-order chi connectivity index (χ1) is 8.69. The molecule has 1 aromatic carbocycles. The number of nitrogen functional groups attached to an aromatic ring is 1. The van der Waals surface area contributed by atoms with Gasteiger partial charge in [0.15, 0.2) is 5.82 Å². The molecule has 0 aliphatic carbocycles. The molecule has 0 radical (unpaired) electrons. The van der Waals surface area contributed by atoms with Gasteiger partial charge < -0.3 is 10.5 Å². The van der Waals surface area contributed by atoms with Crippen LogP contribution in [-0.2, 0) is 0 Å². The van der Waals surface area contributed by atoms with Crippen LogP contribution in [0.4, 0.5) is 5.69 Å². The van der Waals surface area contributed by atoms with Gasteiger partial charge in [0, 0.05) is 5.56 Å². The Balaban J connectivity index is 2.19. The number of anilines is 1. The first-order valence-corrected chi connectivity index (χ1v) is 6.13. The molecule has 18 heavy (non-hydrogen) atoms. The van der Waals surface area contributed by atoms with E-state index in [2.05, 4.69) is 15.3 Å². The summed E-state index contributed by atoms with van der Waals surface area (Å²) in [7, 11) is 1.59. The third-order valence-electron chi connectivity index (χ3n) is 2.58. The lowest BCUT2D eigenvalue weighted by atomic mass is 10.2. The largest absolute Gasteiger partial charge is 0.495 e. The fourth-order valence-corrected chi connectivity index (χ4v) is 2.42. The second kappa shape index (κ2) is 3.95. The van der Waals surface area contributed by atoms with E-state index in [-0.39, 0.29) is 0 Å². The summed E-state index contributed by atoms with van der Waals surface area (Å²) in [4.78, 5) is 0.776. The van der Waals surface area contributed by atoms with E-state index in [1.165, 1.54) is 11.3 Å². The third-order valence-corrected chi connectivity index (χ3v) is 3.40. The van der Waals surface area contributed by atoms with Crippen molar-refractivity contribution in [2.75, 3.05) is 12.8 Å². The fourth-order valence-electron chi connectivity index (χ4n) is 1.74. The van der Waals surface area contributed by atoms with Crippen LogP contribution < -0.4 is 10.5 Å². The first-order valence-electron chi connectivity index (χ1n) is 5.32. The molecular formula is C11H11N5OS. The Hall–Kier alpha value is -2.15. The van der Waals surface area contributed by atoms with Gasteiger partial charge in [-0.05, 0) is 25.1 Å². The molecule has 0 saturated carbocycles. The Labute approximate surface area is 107 Å². The molecule has 0 unspecified atom stereocenters. The molecule has 92 valence electrons. The summed E-state index contributed by atoms with van der Waals surface area (Å²) in [5, 5.41) is 13.5. The SMILES string of the molecule is COc1cc(-c2nnc3sc(C)nn23)ccc1N. The Bertz CT molecular complexity index is 717. The standard InChI is InChI=1S/C11H11N5OS/c1-6-15-16-10(13-14-11(16)18-6)7-3-4-8(12)9(5-7)17-2/h3-5H,12H2,1-2H3. The number of ether oxygens (including phenoxy) is 1. The van der Waals surface area contributed by atoms with E-state index in [9.17, 15) is 0 Å². The Morgan fingerprint density at radius 2 is 2.17 bits per heavy atom. The van der Waals surface area contributed by atoms with Crippen LogP contribution in [0.25, 0.3) is 16.3 Å². The molecule has 2 aromatic heterocycles. The van der Waals surface area contributed by atoms with E-state index in [1.54, 1.807) is 17.7 Å². The van der Waals surface area contributed by atoms with Gasteiger partial charge in [-0.25, -0.2) is 0 Å².